The van der Waals surface area contributed by atoms with Crippen LogP contribution in [-0.2, 0) is 0 Å². The van der Waals surface area contributed by atoms with Gasteiger partial charge in [-0.3, -0.25) is 4.90 Å². The lowest BCUT2D eigenvalue weighted by molar-refractivity contribution is 0.0870. The molecule has 2 N–H and O–H groups in total. The maximum Gasteiger partial charge on any atom is 0.0219 e. The molecule has 1 saturated heterocycles. The summed E-state index contributed by atoms with van der Waals surface area (Å²) < 4.78 is 0. The molecule has 0 aromatic rings. The molecule has 3 nitrogen and oxygen atoms in total. The zero-order valence-corrected chi connectivity index (χ0v) is 13.4. The van der Waals surface area contributed by atoms with Gasteiger partial charge in [0, 0.05) is 45.3 Å². The summed E-state index contributed by atoms with van der Waals surface area (Å²) in [5, 5.41) is 0. The number of unbranched alkanes of at least 4 members (excludes halogenated alkanes) is 3. The second-order valence-corrected chi connectivity index (χ2v) is 6.47. The zero-order chi connectivity index (χ0) is 14.1. The third kappa shape index (κ3) is 6.73. The van der Waals surface area contributed by atoms with E-state index in [1.807, 2.05) is 0 Å². The van der Waals surface area contributed by atoms with Crippen LogP contribution in [0.1, 0.15) is 52.9 Å². The molecule has 0 aliphatic carbocycles. The predicted molar refractivity (Wildman–Crippen MR) is 84.5 cm³/mol. The number of rotatable bonds is 9. The third-order valence-corrected chi connectivity index (χ3v) is 4.21. The minimum absolute atomic E-state index is 0.623. The van der Waals surface area contributed by atoms with Gasteiger partial charge in [0.05, 0.1) is 0 Å². The van der Waals surface area contributed by atoms with Crippen molar-refractivity contribution in [3.63, 3.8) is 0 Å². The molecule has 0 amide bonds. The molecule has 1 aliphatic rings. The highest BCUT2D eigenvalue weighted by Crippen LogP contribution is 2.13. The van der Waals surface area contributed by atoms with Crippen molar-refractivity contribution in [3.8, 4) is 0 Å². The number of hydrogen-bond donors (Lipinski definition) is 1. The zero-order valence-electron chi connectivity index (χ0n) is 13.4. The Labute approximate surface area is 120 Å². The molecule has 3 heteroatoms. The van der Waals surface area contributed by atoms with Gasteiger partial charge in [-0.2, -0.15) is 0 Å². The van der Waals surface area contributed by atoms with Crippen LogP contribution in [0.25, 0.3) is 0 Å². The van der Waals surface area contributed by atoms with Gasteiger partial charge in [-0.1, -0.05) is 46.5 Å². The largest absolute Gasteiger partial charge is 0.329 e. The standard InChI is InChI=1S/C16H35N3/c1-4-5-6-7-8-16(13-17)19-11-9-18(10-12-19)14-15(2)3/h15-16H,4-14,17H2,1-3H3. The van der Waals surface area contributed by atoms with E-state index in [4.69, 9.17) is 5.73 Å². The molecule has 1 unspecified atom stereocenters. The first-order valence-corrected chi connectivity index (χ1v) is 8.33. The van der Waals surface area contributed by atoms with Crippen molar-refractivity contribution in [1.82, 2.24) is 9.80 Å². The quantitative estimate of drug-likeness (QED) is 0.653. The second-order valence-electron chi connectivity index (χ2n) is 6.47. The van der Waals surface area contributed by atoms with E-state index < -0.39 is 0 Å². The van der Waals surface area contributed by atoms with Crippen LogP contribution < -0.4 is 5.73 Å². The van der Waals surface area contributed by atoms with Crippen LogP contribution in [0.3, 0.4) is 0 Å². The van der Waals surface area contributed by atoms with Crippen LogP contribution in [0, 0.1) is 5.92 Å². The highest BCUT2D eigenvalue weighted by Gasteiger charge is 2.22. The molecular weight excluding hydrogens is 234 g/mol. The summed E-state index contributed by atoms with van der Waals surface area (Å²) in [6.45, 7) is 13.8. The van der Waals surface area contributed by atoms with Crippen molar-refractivity contribution in [2.45, 2.75) is 58.9 Å². The molecule has 0 aromatic carbocycles. The van der Waals surface area contributed by atoms with Gasteiger partial charge in [0.1, 0.15) is 0 Å². The number of nitrogens with two attached hydrogens (primary N) is 1. The summed E-state index contributed by atoms with van der Waals surface area (Å²) in [7, 11) is 0. The van der Waals surface area contributed by atoms with Gasteiger partial charge in [0.2, 0.25) is 0 Å². The third-order valence-electron chi connectivity index (χ3n) is 4.21. The highest BCUT2D eigenvalue weighted by atomic mass is 15.3. The van der Waals surface area contributed by atoms with Crippen LogP contribution in [0.2, 0.25) is 0 Å². The van der Waals surface area contributed by atoms with E-state index in [2.05, 4.69) is 30.6 Å². The molecule has 0 saturated carbocycles. The molecule has 0 spiro atoms. The van der Waals surface area contributed by atoms with Crippen LogP contribution in [0.4, 0.5) is 0 Å². The lowest BCUT2D eigenvalue weighted by Crippen LogP contribution is -2.52. The molecule has 19 heavy (non-hydrogen) atoms. The maximum atomic E-state index is 5.98. The summed E-state index contributed by atoms with van der Waals surface area (Å²) in [6, 6.07) is 0.623. The average molecular weight is 269 g/mol. The van der Waals surface area contributed by atoms with Crippen LogP contribution in [0.15, 0.2) is 0 Å². The molecule has 0 aromatic heterocycles. The van der Waals surface area contributed by atoms with E-state index in [0.717, 1.165) is 12.5 Å². The summed E-state index contributed by atoms with van der Waals surface area (Å²) in [5.41, 5.74) is 5.98. The Bertz CT molecular complexity index is 210. The first-order chi connectivity index (χ1) is 9.17. The summed E-state index contributed by atoms with van der Waals surface area (Å²) in [5.74, 6) is 0.783. The van der Waals surface area contributed by atoms with E-state index in [0.29, 0.717) is 6.04 Å². The number of nitrogens with zero attached hydrogens (tertiary/aromatic N) is 2. The van der Waals surface area contributed by atoms with E-state index in [1.165, 1.54) is 64.8 Å². The van der Waals surface area contributed by atoms with Gasteiger partial charge in [0.25, 0.3) is 0 Å². The van der Waals surface area contributed by atoms with Crippen molar-refractivity contribution in [2.24, 2.45) is 11.7 Å². The van der Waals surface area contributed by atoms with Gasteiger partial charge in [0.15, 0.2) is 0 Å². The van der Waals surface area contributed by atoms with Gasteiger partial charge in [-0.15, -0.1) is 0 Å². The van der Waals surface area contributed by atoms with E-state index >= 15 is 0 Å². The Kier molecular flexibility index (Phi) is 8.67. The van der Waals surface area contributed by atoms with Crippen molar-refractivity contribution < 1.29 is 0 Å². The van der Waals surface area contributed by atoms with Crippen LogP contribution in [0.5, 0.6) is 0 Å². The minimum atomic E-state index is 0.623. The topological polar surface area (TPSA) is 32.5 Å². The first kappa shape index (κ1) is 16.9. The summed E-state index contributed by atoms with van der Waals surface area (Å²) in [4.78, 5) is 5.23. The highest BCUT2D eigenvalue weighted by molar-refractivity contribution is 4.79. The van der Waals surface area contributed by atoms with Crippen molar-refractivity contribution in [3.05, 3.63) is 0 Å². The van der Waals surface area contributed by atoms with E-state index in [9.17, 15) is 0 Å². The summed E-state index contributed by atoms with van der Waals surface area (Å²) in [6.07, 6.45) is 6.71. The van der Waals surface area contributed by atoms with Gasteiger partial charge in [-0.05, 0) is 12.3 Å². The predicted octanol–water partition coefficient (Wildman–Crippen LogP) is 2.56. The second kappa shape index (κ2) is 9.73. The SMILES string of the molecule is CCCCCCC(CN)N1CCN(CC(C)C)CC1. The minimum Gasteiger partial charge on any atom is -0.329 e. The monoisotopic (exact) mass is 269 g/mol. The lowest BCUT2D eigenvalue weighted by atomic mass is 10.0. The van der Waals surface area contributed by atoms with Gasteiger partial charge < -0.3 is 10.6 Å². The van der Waals surface area contributed by atoms with E-state index in [1.54, 1.807) is 0 Å². The molecule has 1 rings (SSSR count). The maximum absolute atomic E-state index is 5.98. The van der Waals surface area contributed by atoms with Gasteiger partial charge in [-0.25, -0.2) is 0 Å². The normalized spacial score (nSPS) is 20.1. The molecule has 0 radical (unpaired) electrons. The molecular formula is C16H35N3. The number of piperazine rings is 1. The fourth-order valence-corrected chi connectivity index (χ4v) is 3.08. The Morgan fingerprint density at radius 2 is 1.68 bits per heavy atom. The first-order valence-electron chi connectivity index (χ1n) is 8.33. The van der Waals surface area contributed by atoms with E-state index in [-0.39, 0.29) is 0 Å². The Morgan fingerprint density at radius 1 is 1.00 bits per heavy atom. The van der Waals surface area contributed by atoms with Gasteiger partial charge >= 0.3 is 0 Å². The molecule has 1 atom stereocenters. The fourth-order valence-electron chi connectivity index (χ4n) is 3.08. The Balaban J connectivity index is 2.23. The Hall–Kier alpha value is -0.120. The molecule has 114 valence electrons. The molecule has 1 fully saturated rings. The average Bonchev–Trinajstić information content (AvgIpc) is 2.40. The molecule has 1 heterocycles. The smallest absolute Gasteiger partial charge is 0.0219 e. The number of hydrogen-bond acceptors (Lipinski definition) is 3. The van der Waals surface area contributed by atoms with Crippen molar-refractivity contribution >= 4 is 0 Å². The molecule has 0 bridgehead atoms. The summed E-state index contributed by atoms with van der Waals surface area (Å²) >= 11 is 0. The Morgan fingerprint density at radius 3 is 2.21 bits per heavy atom. The fraction of sp³-hybridized carbons (Fsp3) is 1.00. The van der Waals surface area contributed by atoms with Crippen molar-refractivity contribution in [1.29, 1.82) is 0 Å². The van der Waals surface area contributed by atoms with Crippen LogP contribution in [-0.4, -0.2) is 55.1 Å². The van der Waals surface area contributed by atoms with Crippen LogP contribution >= 0.6 is 0 Å². The van der Waals surface area contributed by atoms with Crippen molar-refractivity contribution in [2.75, 3.05) is 39.3 Å². The lowest BCUT2D eigenvalue weighted by Gasteiger charge is -2.39. The molecule has 1 aliphatic heterocycles.